The van der Waals surface area contributed by atoms with Crippen molar-refractivity contribution in [2.45, 2.75) is 26.8 Å². The molecule has 0 fully saturated rings. The summed E-state index contributed by atoms with van der Waals surface area (Å²) in [6.07, 6.45) is 1.33. The van der Waals surface area contributed by atoms with Crippen LogP contribution in [0.3, 0.4) is 0 Å². The van der Waals surface area contributed by atoms with Gasteiger partial charge in [-0.15, -0.1) is 0 Å². The minimum Gasteiger partial charge on any atom is -0.506 e. The first kappa shape index (κ1) is 31.4. The fourth-order valence-corrected chi connectivity index (χ4v) is 5.85. The highest BCUT2D eigenvalue weighted by atomic mass is 79.9. The minimum absolute atomic E-state index is 0.0370. The number of thiazole rings is 1. The SMILES string of the molecule is CCOC(=O)C1=C(C)N=c2s/c(=C/c3cc([N+](=O)[O-])cc(Br)c3O)c(=O)n2[C@H]1c1ccc(OCC(=O)OC)c(OCC)c1. The van der Waals surface area contributed by atoms with Crippen LogP contribution >= 0.6 is 27.3 Å². The molecule has 15 heteroatoms. The molecule has 0 saturated carbocycles. The summed E-state index contributed by atoms with van der Waals surface area (Å²) < 4.78 is 22.8. The minimum atomic E-state index is -1.00. The molecular weight excluding hydrogens is 650 g/mol. The predicted molar refractivity (Wildman–Crippen MR) is 158 cm³/mol. The molecule has 0 unspecified atom stereocenters. The number of phenolic OH excluding ortho intramolecular Hbond substituents is 1. The van der Waals surface area contributed by atoms with Gasteiger partial charge in [0.15, 0.2) is 22.9 Å². The van der Waals surface area contributed by atoms with Gasteiger partial charge in [0, 0.05) is 17.7 Å². The number of nitro groups is 1. The highest BCUT2D eigenvalue weighted by Crippen LogP contribution is 2.37. The third kappa shape index (κ3) is 6.46. The number of benzene rings is 2. The van der Waals surface area contributed by atoms with Crippen molar-refractivity contribution in [2.24, 2.45) is 4.99 Å². The highest BCUT2D eigenvalue weighted by Gasteiger charge is 2.34. The summed E-state index contributed by atoms with van der Waals surface area (Å²) in [6.45, 7) is 5.01. The summed E-state index contributed by atoms with van der Waals surface area (Å²) in [4.78, 5) is 54.3. The van der Waals surface area contributed by atoms with Gasteiger partial charge in [-0.2, -0.15) is 0 Å². The first-order valence-electron chi connectivity index (χ1n) is 12.8. The van der Waals surface area contributed by atoms with Gasteiger partial charge in [-0.05, 0) is 60.5 Å². The van der Waals surface area contributed by atoms with E-state index < -0.39 is 28.5 Å². The van der Waals surface area contributed by atoms with Crippen LogP contribution in [0.4, 0.5) is 5.69 Å². The van der Waals surface area contributed by atoms with Crippen LogP contribution in [0.2, 0.25) is 0 Å². The highest BCUT2D eigenvalue weighted by molar-refractivity contribution is 9.10. The van der Waals surface area contributed by atoms with E-state index in [1.54, 1.807) is 39.0 Å². The van der Waals surface area contributed by atoms with E-state index in [4.69, 9.17) is 14.2 Å². The first-order valence-corrected chi connectivity index (χ1v) is 14.4. The van der Waals surface area contributed by atoms with Crippen LogP contribution in [-0.4, -0.2) is 53.5 Å². The lowest BCUT2D eigenvalue weighted by Crippen LogP contribution is -2.40. The lowest BCUT2D eigenvalue weighted by atomic mass is 9.95. The molecule has 0 saturated heterocycles. The number of methoxy groups -OCH3 is 1. The fraction of sp³-hybridized carbons (Fsp3) is 0.286. The van der Waals surface area contributed by atoms with Crippen molar-refractivity contribution in [3.05, 3.63) is 87.0 Å². The number of nitro benzene ring substituents is 1. The third-order valence-electron chi connectivity index (χ3n) is 6.25. The van der Waals surface area contributed by atoms with Crippen molar-refractivity contribution < 1.29 is 38.6 Å². The number of carbonyl (C=O) groups is 2. The Kier molecular flexibility index (Phi) is 9.66. The van der Waals surface area contributed by atoms with Gasteiger partial charge in [-0.25, -0.2) is 14.6 Å². The number of hydrogen-bond acceptors (Lipinski definition) is 12. The average molecular weight is 676 g/mol. The van der Waals surface area contributed by atoms with Crippen LogP contribution in [0.25, 0.3) is 6.08 Å². The lowest BCUT2D eigenvalue weighted by Gasteiger charge is -2.25. The molecule has 0 radical (unpaired) electrons. The maximum atomic E-state index is 13.9. The van der Waals surface area contributed by atoms with Crippen molar-refractivity contribution in [1.29, 1.82) is 0 Å². The maximum absolute atomic E-state index is 13.9. The van der Waals surface area contributed by atoms with Gasteiger partial charge in [0.25, 0.3) is 11.2 Å². The Balaban J connectivity index is 1.94. The second kappa shape index (κ2) is 13.2. The largest absolute Gasteiger partial charge is 0.506 e. The molecule has 1 atom stereocenters. The Morgan fingerprint density at radius 1 is 1.19 bits per heavy atom. The smallest absolute Gasteiger partial charge is 0.343 e. The number of carbonyl (C=O) groups excluding carboxylic acids is 2. The number of hydrogen-bond donors (Lipinski definition) is 1. The number of ether oxygens (including phenoxy) is 4. The topological polar surface area (TPSA) is 169 Å². The normalized spacial score (nSPS) is 14.5. The molecule has 2 heterocycles. The number of aromatic nitrogens is 1. The number of halogens is 1. The van der Waals surface area contributed by atoms with Crippen molar-refractivity contribution in [2.75, 3.05) is 26.9 Å². The van der Waals surface area contributed by atoms with Crippen molar-refractivity contribution in [3.63, 3.8) is 0 Å². The zero-order valence-electron chi connectivity index (χ0n) is 23.4. The summed E-state index contributed by atoms with van der Waals surface area (Å²) in [6, 6.07) is 6.06. The van der Waals surface area contributed by atoms with Crippen molar-refractivity contribution >= 4 is 51.0 Å². The monoisotopic (exact) mass is 675 g/mol. The lowest BCUT2D eigenvalue weighted by molar-refractivity contribution is -0.385. The second-order valence-corrected chi connectivity index (χ2v) is 10.8. The van der Waals surface area contributed by atoms with E-state index >= 15 is 0 Å². The Bertz CT molecular complexity index is 1830. The maximum Gasteiger partial charge on any atom is 0.343 e. The van der Waals surface area contributed by atoms with Gasteiger partial charge in [-0.1, -0.05) is 17.4 Å². The van der Waals surface area contributed by atoms with E-state index in [1.807, 2.05) is 0 Å². The van der Waals surface area contributed by atoms with E-state index in [1.165, 1.54) is 17.8 Å². The average Bonchev–Trinajstić information content (AvgIpc) is 3.27. The van der Waals surface area contributed by atoms with Crippen LogP contribution in [0.5, 0.6) is 17.2 Å². The number of phenols is 1. The van der Waals surface area contributed by atoms with Crippen molar-refractivity contribution in [1.82, 2.24) is 4.57 Å². The molecule has 2 aromatic carbocycles. The molecule has 0 bridgehead atoms. The van der Waals surface area contributed by atoms with E-state index in [0.717, 1.165) is 23.5 Å². The standard InChI is InChI=1S/C28H26BrN3O10S/c1-5-40-20-10-15(7-8-19(20)42-13-22(33)39-4)24-23(27(36)41-6-2)14(3)30-28-31(24)26(35)21(43-28)11-16-9-17(32(37)38)12-18(29)25(16)34/h7-12,24,34H,5-6,13H2,1-4H3/b21-11+/t24-/m0/s1. The molecule has 0 spiro atoms. The Hall–Kier alpha value is -4.50. The number of aromatic hydroxyl groups is 1. The summed E-state index contributed by atoms with van der Waals surface area (Å²) in [5.41, 5.74) is 0.0809. The van der Waals surface area contributed by atoms with E-state index in [9.17, 15) is 29.6 Å². The third-order valence-corrected chi connectivity index (χ3v) is 7.84. The molecular formula is C28H26BrN3O10S. The van der Waals surface area contributed by atoms with Crippen LogP contribution in [0.15, 0.2) is 55.9 Å². The zero-order valence-corrected chi connectivity index (χ0v) is 25.8. The first-order chi connectivity index (χ1) is 20.5. The number of allylic oxidation sites excluding steroid dienone is 1. The van der Waals surface area contributed by atoms with Crippen LogP contribution in [0.1, 0.15) is 37.9 Å². The molecule has 1 aliphatic rings. The van der Waals surface area contributed by atoms with Gasteiger partial charge in [0.05, 0.1) is 51.6 Å². The Labute approximate surface area is 256 Å². The zero-order chi connectivity index (χ0) is 31.4. The fourth-order valence-electron chi connectivity index (χ4n) is 4.35. The van der Waals surface area contributed by atoms with Gasteiger partial charge < -0.3 is 24.1 Å². The molecule has 3 aromatic rings. The van der Waals surface area contributed by atoms with Crippen LogP contribution in [0, 0.1) is 10.1 Å². The van der Waals surface area contributed by atoms with Crippen LogP contribution in [-0.2, 0) is 19.1 Å². The molecule has 0 amide bonds. The quantitative estimate of drug-likeness (QED) is 0.191. The molecule has 43 heavy (non-hydrogen) atoms. The van der Waals surface area contributed by atoms with E-state index in [-0.39, 0.29) is 67.7 Å². The summed E-state index contributed by atoms with van der Waals surface area (Å²) in [5.74, 6) is -1.06. The Morgan fingerprint density at radius 3 is 2.58 bits per heavy atom. The molecule has 4 rings (SSSR count). The van der Waals surface area contributed by atoms with E-state index in [0.29, 0.717) is 11.3 Å². The number of esters is 2. The summed E-state index contributed by atoms with van der Waals surface area (Å²) in [7, 11) is 1.24. The number of fused-ring (bicyclic) bond motifs is 1. The van der Waals surface area contributed by atoms with E-state index in [2.05, 4.69) is 25.7 Å². The Morgan fingerprint density at radius 2 is 1.93 bits per heavy atom. The summed E-state index contributed by atoms with van der Waals surface area (Å²) >= 11 is 4.09. The molecule has 1 aromatic heterocycles. The van der Waals surface area contributed by atoms with Gasteiger partial charge >= 0.3 is 11.9 Å². The van der Waals surface area contributed by atoms with Crippen LogP contribution < -0.4 is 24.4 Å². The molecule has 1 N–H and O–H groups in total. The van der Waals surface area contributed by atoms with Gasteiger partial charge in [0.2, 0.25) is 0 Å². The number of rotatable bonds is 10. The molecule has 13 nitrogen and oxygen atoms in total. The second-order valence-electron chi connectivity index (χ2n) is 8.93. The predicted octanol–water partition coefficient (Wildman–Crippen LogP) is 3.13. The number of non-ortho nitro benzene ring substituents is 1. The summed E-state index contributed by atoms with van der Waals surface area (Å²) in [5, 5.41) is 21.9. The molecule has 1 aliphatic heterocycles. The van der Waals surface area contributed by atoms with Crippen molar-refractivity contribution in [3.8, 4) is 17.2 Å². The molecule has 226 valence electrons. The number of nitrogens with zero attached hydrogens (tertiary/aromatic N) is 3. The molecule has 0 aliphatic carbocycles. The van der Waals surface area contributed by atoms with Gasteiger partial charge in [0.1, 0.15) is 5.75 Å². The van der Waals surface area contributed by atoms with Gasteiger partial charge in [-0.3, -0.25) is 19.5 Å².